The van der Waals surface area contributed by atoms with Gasteiger partial charge in [0.05, 0.1) is 10.0 Å². The highest BCUT2D eigenvalue weighted by molar-refractivity contribution is 9.10. The number of halogens is 1. The second-order valence-corrected chi connectivity index (χ2v) is 3.30. The molecule has 0 amide bonds. The van der Waals surface area contributed by atoms with E-state index < -0.39 is 5.97 Å². The molecule has 0 aliphatic rings. The van der Waals surface area contributed by atoms with Crippen LogP contribution in [0.25, 0.3) is 5.57 Å². The van der Waals surface area contributed by atoms with Gasteiger partial charge in [-0.15, -0.1) is 0 Å². The normalized spacial score (nSPS) is 9.62. The van der Waals surface area contributed by atoms with Crippen LogP contribution in [-0.2, 0) is 4.79 Å². The van der Waals surface area contributed by atoms with Gasteiger partial charge in [0.15, 0.2) is 0 Å². The highest BCUT2D eigenvalue weighted by Gasteiger charge is 2.08. The molecule has 0 radical (unpaired) electrons. The fraction of sp³-hybridized carbons (Fsp3) is 0. The minimum absolute atomic E-state index is 0.000648. The van der Waals surface area contributed by atoms with Crippen LogP contribution in [0.4, 0.5) is 0 Å². The summed E-state index contributed by atoms with van der Waals surface area (Å²) in [4.78, 5) is 10.5. The molecule has 0 aliphatic heterocycles. The fourth-order valence-electron chi connectivity index (χ4n) is 0.818. The number of phenols is 1. The van der Waals surface area contributed by atoms with Crippen LogP contribution in [0.1, 0.15) is 5.56 Å². The van der Waals surface area contributed by atoms with Crippen LogP contribution < -0.4 is 0 Å². The van der Waals surface area contributed by atoms with Crippen molar-refractivity contribution in [3.63, 3.8) is 0 Å². The molecule has 1 aromatic carbocycles. The van der Waals surface area contributed by atoms with Crippen molar-refractivity contribution < 1.29 is 15.0 Å². The van der Waals surface area contributed by atoms with E-state index >= 15 is 0 Å². The molecule has 13 heavy (non-hydrogen) atoms. The van der Waals surface area contributed by atoms with Crippen LogP contribution in [-0.4, -0.2) is 16.2 Å². The van der Waals surface area contributed by atoms with E-state index in [1.807, 2.05) is 0 Å². The summed E-state index contributed by atoms with van der Waals surface area (Å²) in [5, 5.41) is 17.8. The van der Waals surface area contributed by atoms with Crippen LogP contribution in [0.3, 0.4) is 0 Å². The number of hydrogen-bond acceptors (Lipinski definition) is 2. The van der Waals surface area contributed by atoms with Gasteiger partial charge in [-0.05, 0) is 33.6 Å². The monoisotopic (exact) mass is 242 g/mol. The standard InChI is InChI=1S/C9H7BrO3/c1-5(9(12)13)6-2-3-8(11)7(10)4-6/h2-4,11H,1H2,(H,12,13). The summed E-state index contributed by atoms with van der Waals surface area (Å²) in [6.45, 7) is 3.39. The molecule has 0 bridgehead atoms. The van der Waals surface area contributed by atoms with Gasteiger partial charge < -0.3 is 10.2 Å². The van der Waals surface area contributed by atoms with Crippen LogP contribution in [0.15, 0.2) is 29.3 Å². The Bertz CT molecular complexity index is 371. The molecule has 0 saturated carbocycles. The highest BCUT2D eigenvalue weighted by atomic mass is 79.9. The lowest BCUT2D eigenvalue weighted by molar-refractivity contribution is -0.130. The van der Waals surface area contributed by atoms with Crippen molar-refractivity contribution in [1.29, 1.82) is 0 Å². The number of aromatic hydroxyl groups is 1. The summed E-state index contributed by atoms with van der Waals surface area (Å²) in [5.74, 6) is -1.00. The van der Waals surface area contributed by atoms with E-state index in [0.717, 1.165) is 0 Å². The topological polar surface area (TPSA) is 57.5 Å². The van der Waals surface area contributed by atoms with Gasteiger partial charge in [0, 0.05) is 0 Å². The van der Waals surface area contributed by atoms with Crippen molar-refractivity contribution in [3.05, 3.63) is 34.8 Å². The highest BCUT2D eigenvalue weighted by Crippen LogP contribution is 2.26. The maximum Gasteiger partial charge on any atom is 0.335 e. The molecule has 1 rings (SSSR count). The van der Waals surface area contributed by atoms with E-state index in [1.165, 1.54) is 18.2 Å². The predicted octanol–water partition coefficient (Wildman–Crippen LogP) is 2.25. The molecule has 0 aromatic heterocycles. The van der Waals surface area contributed by atoms with Crippen molar-refractivity contribution in [3.8, 4) is 5.75 Å². The lowest BCUT2D eigenvalue weighted by atomic mass is 10.1. The largest absolute Gasteiger partial charge is 0.507 e. The Kier molecular flexibility index (Phi) is 2.72. The summed E-state index contributed by atoms with van der Waals surface area (Å²) in [5.41, 5.74) is 0.470. The molecule has 0 saturated heterocycles. The third kappa shape index (κ3) is 2.09. The second-order valence-electron chi connectivity index (χ2n) is 2.45. The van der Waals surface area contributed by atoms with Gasteiger partial charge in [-0.3, -0.25) is 0 Å². The van der Waals surface area contributed by atoms with Crippen molar-refractivity contribution in [2.75, 3.05) is 0 Å². The van der Waals surface area contributed by atoms with E-state index in [0.29, 0.717) is 10.0 Å². The first-order chi connectivity index (χ1) is 6.02. The lowest BCUT2D eigenvalue weighted by Gasteiger charge is -2.02. The molecule has 0 unspecified atom stereocenters. The quantitative estimate of drug-likeness (QED) is 0.783. The van der Waals surface area contributed by atoms with E-state index in [2.05, 4.69) is 22.5 Å². The van der Waals surface area contributed by atoms with Crippen molar-refractivity contribution in [2.24, 2.45) is 0 Å². The van der Waals surface area contributed by atoms with Gasteiger partial charge in [-0.25, -0.2) is 4.79 Å². The van der Waals surface area contributed by atoms with Crippen molar-refractivity contribution >= 4 is 27.5 Å². The summed E-state index contributed by atoms with van der Waals surface area (Å²) >= 11 is 3.08. The number of aliphatic carboxylic acids is 1. The minimum Gasteiger partial charge on any atom is -0.507 e. The molecule has 1 aromatic rings. The molecular formula is C9H7BrO3. The van der Waals surface area contributed by atoms with Gasteiger partial charge in [-0.2, -0.15) is 0 Å². The Morgan fingerprint density at radius 2 is 2.08 bits per heavy atom. The van der Waals surface area contributed by atoms with E-state index in [-0.39, 0.29) is 11.3 Å². The Balaban J connectivity index is 3.11. The smallest absolute Gasteiger partial charge is 0.335 e. The zero-order chi connectivity index (χ0) is 10.0. The summed E-state index contributed by atoms with van der Waals surface area (Å²) in [6, 6.07) is 4.41. The number of hydrogen-bond donors (Lipinski definition) is 2. The molecular weight excluding hydrogens is 236 g/mol. The zero-order valence-corrected chi connectivity index (χ0v) is 8.21. The predicted molar refractivity (Wildman–Crippen MR) is 52.5 cm³/mol. The average Bonchev–Trinajstić information content (AvgIpc) is 2.08. The van der Waals surface area contributed by atoms with Gasteiger partial charge in [0.1, 0.15) is 5.75 Å². The van der Waals surface area contributed by atoms with Crippen LogP contribution in [0, 0.1) is 0 Å². The molecule has 0 atom stereocenters. The van der Waals surface area contributed by atoms with Gasteiger partial charge >= 0.3 is 5.97 Å². The van der Waals surface area contributed by atoms with Crippen LogP contribution >= 0.6 is 15.9 Å². The molecule has 0 aliphatic carbocycles. The number of rotatable bonds is 2. The van der Waals surface area contributed by atoms with Crippen LogP contribution in [0.2, 0.25) is 0 Å². The summed E-state index contributed by atoms with van der Waals surface area (Å²) in [7, 11) is 0. The first-order valence-corrected chi connectivity index (χ1v) is 4.22. The van der Waals surface area contributed by atoms with Crippen molar-refractivity contribution in [1.82, 2.24) is 0 Å². The molecule has 4 heteroatoms. The summed E-state index contributed by atoms with van der Waals surface area (Å²) in [6.07, 6.45) is 0. The average molecular weight is 243 g/mol. The Labute approximate surface area is 83.5 Å². The molecule has 2 N–H and O–H groups in total. The second kappa shape index (κ2) is 3.62. The van der Waals surface area contributed by atoms with Crippen LogP contribution in [0.5, 0.6) is 5.75 Å². The van der Waals surface area contributed by atoms with Gasteiger partial charge in [0.2, 0.25) is 0 Å². The Morgan fingerprint density at radius 1 is 1.46 bits per heavy atom. The third-order valence-corrected chi connectivity index (χ3v) is 2.19. The van der Waals surface area contributed by atoms with Gasteiger partial charge in [-0.1, -0.05) is 12.6 Å². The molecule has 0 fully saturated rings. The SMILES string of the molecule is C=C(C(=O)O)c1ccc(O)c(Br)c1. The molecule has 3 nitrogen and oxygen atoms in total. The molecule has 68 valence electrons. The van der Waals surface area contributed by atoms with Crippen molar-refractivity contribution in [2.45, 2.75) is 0 Å². The Hall–Kier alpha value is -1.29. The molecule has 0 heterocycles. The fourth-order valence-corrected chi connectivity index (χ4v) is 1.20. The van der Waals surface area contributed by atoms with E-state index in [4.69, 9.17) is 10.2 Å². The van der Waals surface area contributed by atoms with E-state index in [1.54, 1.807) is 0 Å². The van der Waals surface area contributed by atoms with Gasteiger partial charge in [0.25, 0.3) is 0 Å². The number of phenolic OH excluding ortho intramolecular Hbond substituents is 1. The Morgan fingerprint density at radius 3 is 2.54 bits per heavy atom. The first-order valence-electron chi connectivity index (χ1n) is 3.43. The molecule has 0 spiro atoms. The number of carbonyl (C=O) groups is 1. The third-order valence-electron chi connectivity index (χ3n) is 1.55. The zero-order valence-electron chi connectivity index (χ0n) is 6.62. The maximum absolute atomic E-state index is 10.5. The number of carboxylic acid groups (broad SMARTS) is 1. The number of carboxylic acids is 1. The summed E-state index contributed by atoms with van der Waals surface area (Å²) < 4.78 is 0.451. The minimum atomic E-state index is -1.07. The van der Waals surface area contributed by atoms with E-state index in [9.17, 15) is 4.79 Å². The number of benzene rings is 1. The maximum atomic E-state index is 10.5. The lowest BCUT2D eigenvalue weighted by Crippen LogP contribution is -1.97. The first kappa shape index (κ1) is 9.80.